The Hall–Kier alpha value is -2.21. The van der Waals surface area contributed by atoms with Crippen molar-refractivity contribution >= 4 is 5.82 Å². The smallest absolute Gasteiger partial charge is 0.161 e. The standard InChI is InChI=1S/C16H22N4O2/c1-19-7-6-12(10-19)22-14-5-4-11(8-15(14)21-3)13-9-16(17)20(2)18-13/h4-5,8-9,12H,6-7,10,17H2,1-3H3. The molecule has 2 heterocycles. The topological polar surface area (TPSA) is 65.5 Å². The second-order valence-electron chi connectivity index (χ2n) is 5.73. The van der Waals surface area contributed by atoms with Gasteiger partial charge in [-0.3, -0.25) is 4.68 Å². The van der Waals surface area contributed by atoms with Crippen molar-refractivity contribution in [3.05, 3.63) is 24.3 Å². The summed E-state index contributed by atoms with van der Waals surface area (Å²) in [5.74, 6) is 2.12. The zero-order valence-corrected chi connectivity index (χ0v) is 13.2. The van der Waals surface area contributed by atoms with E-state index in [1.807, 2.05) is 31.3 Å². The number of hydrogen-bond donors (Lipinski definition) is 1. The van der Waals surface area contributed by atoms with Gasteiger partial charge in [0.2, 0.25) is 0 Å². The third-order valence-corrected chi connectivity index (χ3v) is 4.02. The summed E-state index contributed by atoms with van der Waals surface area (Å²) in [6.45, 7) is 2.01. The summed E-state index contributed by atoms with van der Waals surface area (Å²) in [5.41, 5.74) is 7.62. The van der Waals surface area contributed by atoms with E-state index in [1.165, 1.54) is 0 Å². The minimum absolute atomic E-state index is 0.218. The first-order chi connectivity index (χ1) is 10.6. The van der Waals surface area contributed by atoms with Gasteiger partial charge >= 0.3 is 0 Å². The van der Waals surface area contributed by atoms with E-state index in [0.717, 1.165) is 42.3 Å². The number of nitrogens with two attached hydrogens (primary N) is 1. The summed E-state index contributed by atoms with van der Waals surface area (Å²) in [5, 5.41) is 4.39. The highest BCUT2D eigenvalue weighted by Gasteiger charge is 2.22. The fraction of sp³-hybridized carbons (Fsp3) is 0.438. The fourth-order valence-corrected chi connectivity index (χ4v) is 2.72. The van der Waals surface area contributed by atoms with Gasteiger partial charge in [0.1, 0.15) is 11.9 Å². The Bertz CT molecular complexity index is 649. The van der Waals surface area contributed by atoms with E-state index in [1.54, 1.807) is 11.8 Å². The molecule has 1 fully saturated rings. The molecule has 1 saturated heterocycles. The number of methoxy groups -OCH3 is 1. The van der Waals surface area contributed by atoms with Crippen LogP contribution in [0.2, 0.25) is 0 Å². The van der Waals surface area contributed by atoms with E-state index in [2.05, 4.69) is 17.0 Å². The molecule has 1 aromatic heterocycles. The van der Waals surface area contributed by atoms with Gasteiger partial charge in [0.15, 0.2) is 11.5 Å². The summed E-state index contributed by atoms with van der Waals surface area (Å²) in [6.07, 6.45) is 1.26. The largest absolute Gasteiger partial charge is 0.493 e. The fourth-order valence-electron chi connectivity index (χ4n) is 2.72. The molecular weight excluding hydrogens is 280 g/mol. The molecule has 6 heteroatoms. The molecule has 0 radical (unpaired) electrons. The Labute approximate surface area is 130 Å². The zero-order chi connectivity index (χ0) is 15.7. The molecule has 22 heavy (non-hydrogen) atoms. The summed E-state index contributed by atoms with van der Waals surface area (Å²) in [4.78, 5) is 2.27. The summed E-state index contributed by atoms with van der Waals surface area (Å²) in [7, 11) is 5.58. The van der Waals surface area contributed by atoms with Crippen molar-refractivity contribution in [2.24, 2.45) is 7.05 Å². The predicted octanol–water partition coefficient (Wildman–Crippen LogP) is 1.76. The van der Waals surface area contributed by atoms with Crippen LogP contribution in [-0.4, -0.2) is 48.0 Å². The highest BCUT2D eigenvalue weighted by molar-refractivity contribution is 5.66. The molecule has 1 aliphatic heterocycles. The monoisotopic (exact) mass is 302 g/mol. The van der Waals surface area contributed by atoms with Crippen molar-refractivity contribution in [1.29, 1.82) is 0 Å². The second-order valence-corrected chi connectivity index (χ2v) is 5.73. The van der Waals surface area contributed by atoms with Crippen LogP contribution in [0.1, 0.15) is 6.42 Å². The SMILES string of the molecule is COc1cc(-c2cc(N)n(C)n2)ccc1OC1CCN(C)C1. The highest BCUT2D eigenvalue weighted by Crippen LogP contribution is 2.34. The van der Waals surface area contributed by atoms with Gasteiger partial charge in [0, 0.05) is 31.8 Å². The van der Waals surface area contributed by atoms with E-state index < -0.39 is 0 Å². The molecule has 6 nitrogen and oxygen atoms in total. The first kappa shape index (κ1) is 14.7. The molecular formula is C16H22N4O2. The molecule has 0 spiro atoms. The number of aryl methyl sites for hydroxylation is 1. The van der Waals surface area contributed by atoms with Crippen molar-refractivity contribution in [2.45, 2.75) is 12.5 Å². The van der Waals surface area contributed by atoms with Gasteiger partial charge in [-0.1, -0.05) is 0 Å². The maximum absolute atomic E-state index is 6.07. The van der Waals surface area contributed by atoms with Crippen molar-refractivity contribution in [1.82, 2.24) is 14.7 Å². The van der Waals surface area contributed by atoms with Crippen LogP contribution in [0.15, 0.2) is 24.3 Å². The van der Waals surface area contributed by atoms with E-state index in [9.17, 15) is 0 Å². The number of likely N-dealkylation sites (N-methyl/N-ethyl adjacent to an activating group) is 1. The van der Waals surface area contributed by atoms with Crippen LogP contribution in [0, 0.1) is 0 Å². The lowest BCUT2D eigenvalue weighted by atomic mass is 10.1. The molecule has 118 valence electrons. The summed E-state index contributed by atoms with van der Waals surface area (Å²) in [6, 6.07) is 7.71. The van der Waals surface area contributed by atoms with Gasteiger partial charge in [-0.2, -0.15) is 5.10 Å². The predicted molar refractivity (Wildman–Crippen MR) is 86.1 cm³/mol. The third kappa shape index (κ3) is 2.87. The van der Waals surface area contributed by atoms with Crippen LogP contribution in [0.4, 0.5) is 5.82 Å². The molecule has 1 aliphatic rings. The van der Waals surface area contributed by atoms with Crippen LogP contribution < -0.4 is 15.2 Å². The van der Waals surface area contributed by atoms with Crippen molar-refractivity contribution in [3.63, 3.8) is 0 Å². The molecule has 1 atom stereocenters. The minimum Gasteiger partial charge on any atom is -0.493 e. The minimum atomic E-state index is 0.218. The van der Waals surface area contributed by atoms with E-state index >= 15 is 0 Å². The van der Waals surface area contributed by atoms with Crippen molar-refractivity contribution in [2.75, 3.05) is 33.0 Å². The molecule has 0 amide bonds. The summed E-state index contributed by atoms with van der Waals surface area (Å²) < 4.78 is 13.2. The Morgan fingerprint density at radius 2 is 2.05 bits per heavy atom. The number of nitrogen functional groups attached to an aromatic ring is 1. The number of hydrogen-bond acceptors (Lipinski definition) is 5. The van der Waals surface area contributed by atoms with Crippen LogP contribution >= 0.6 is 0 Å². The molecule has 0 saturated carbocycles. The third-order valence-electron chi connectivity index (χ3n) is 4.02. The van der Waals surface area contributed by atoms with Gasteiger partial charge in [-0.15, -0.1) is 0 Å². The number of benzene rings is 1. The quantitative estimate of drug-likeness (QED) is 0.932. The molecule has 0 bridgehead atoms. The van der Waals surface area contributed by atoms with Crippen LogP contribution in [0.25, 0.3) is 11.3 Å². The van der Waals surface area contributed by atoms with Gasteiger partial charge in [0.25, 0.3) is 0 Å². The number of nitrogens with zero attached hydrogens (tertiary/aromatic N) is 3. The Balaban J connectivity index is 1.84. The number of aromatic nitrogens is 2. The van der Waals surface area contributed by atoms with Gasteiger partial charge < -0.3 is 20.1 Å². The first-order valence-electron chi connectivity index (χ1n) is 7.40. The Morgan fingerprint density at radius 1 is 1.23 bits per heavy atom. The number of likely N-dealkylation sites (tertiary alicyclic amines) is 1. The Kier molecular flexibility index (Phi) is 3.94. The number of rotatable bonds is 4. The normalized spacial score (nSPS) is 18.6. The first-order valence-corrected chi connectivity index (χ1v) is 7.40. The van der Waals surface area contributed by atoms with Crippen LogP contribution in [0.3, 0.4) is 0 Å². The van der Waals surface area contributed by atoms with E-state index in [0.29, 0.717) is 5.82 Å². The average molecular weight is 302 g/mol. The number of anilines is 1. The van der Waals surface area contributed by atoms with E-state index in [4.69, 9.17) is 15.2 Å². The lowest BCUT2D eigenvalue weighted by Gasteiger charge is -2.16. The number of ether oxygens (including phenoxy) is 2. The maximum Gasteiger partial charge on any atom is 0.161 e. The highest BCUT2D eigenvalue weighted by atomic mass is 16.5. The van der Waals surface area contributed by atoms with Gasteiger partial charge in [-0.05, 0) is 31.7 Å². The average Bonchev–Trinajstić information content (AvgIpc) is 3.06. The molecule has 0 aliphatic carbocycles. The Morgan fingerprint density at radius 3 is 2.64 bits per heavy atom. The van der Waals surface area contributed by atoms with Gasteiger partial charge in [0.05, 0.1) is 12.8 Å². The molecule has 2 aromatic rings. The zero-order valence-electron chi connectivity index (χ0n) is 13.2. The van der Waals surface area contributed by atoms with Gasteiger partial charge in [-0.25, -0.2) is 0 Å². The molecule has 1 unspecified atom stereocenters. The second kappa shape index (κ2) is 5.88. The van der Waals surface area contributed by atoms with Crippen molar-refractivity contribution < 1.29 is 9.47 Å². The molecule has 2 N–H and O–H groups in total. The van der Waals surface area contributed by atoms with E-state index in [-0.39, 0.29) is 6.10 Å². The lowest BCUT2D eigenvalue weighted by molar-refractivity contribution is 0.199. The van der Waals surface area contributed by atoms with Crippen LogP contribution in [-0.2, 0) is 7.05 Å². The maximum atomic E-state index is 6.07. The van der Waals surface area contributed by atoms with Crippen LogP contribution in [0.5, 0.6) is 11.5 Å². The van der Waals surface area contributed by atoms with Crippen molar-refractivity contribution in [3.8, 4) is 22.8 Å². The molecule has 1 aromatic carbocycles. The lowest BCUT2D eigenvalue weighted by Crippen LogP contribution is -2.21. The molecule has 3 rings (SSSR count). The summed E-state index contributed by atoms with van der Waals surface area (Å²) >= 11 is 0.